The van der Waals surface area contributed by atoms with Crippen LogP contribution in [0.4, 0.5) is 16.0 Å². The first kappa shape index (κ1) is 36.7. The third-order valence-electron chi connectivity index (χ3n) is 10.0. The summed E-state index contributed by atoms with van der Waals surface area (Å²) in [5.74, 6) is 2.08. The lowest BCUT2D eigenvalue weighted by molar-refractivity contribution is 0.188. The van der Waals surface area contributed by atoms with Crippen LogP contribution in [-0.2, 0) is 13.1 Å². The van der Waals surface area contributed by atoms with Crippen molar-refractivity contribution in [2.24, 2.45) is 0 Å². The summed E-state index contributed by atoms with van der Waals surface area (Å²) in [5, 5.41) is 0.459. The van der Waals surface area contributed by atoms with E-state index in [-0.39, 0.29) is 41.3 Å². The van der Waals surface area contributed by atoms with Crippen molar-refractivity contribution in [1.82, 2.24) is 24.8 Å². The first-order valence-corrected chi connectivity index (χ1v) is 18.4. The summed E-state index contributed by atoms with van der Waals surface area (Å²) in [6.45, 7) is 6.71. The molecule has 0 radical (unpaired) electrons. The van der Waals surface area contributed by atoms with Crippen molar-refractivity contribution in [3.8, 4) is 23.4 Å². The first-order chi connectivity index (χ1) is 25.6. The van der Waals surface area contributed by atoms with E-state index < -0.39 is 11.9 Å². The summed E-state index contributed by atoms with van der Waals surface area (Å²) in [7, 11) is 5.37. The number of nitrogens with zero attached hydrogens (tertiary/aromatic N) is 7. The number of methoxy groups -OCH3 is 2. The van der Waals surface area contributed by atoms with Crippen molar-refractivity contribution in [3.05, 3.63) is 93.5 Å². The highest BCUT2D eigenvalue weighted by molar-refractivity contribution is 6.30. The fourth-order valence-electron chi connectivity index (χ4n) is 7.12. The number of benzene rings is 2. The Bertz CT molecular complexity index is 2030. The Kier molecular flexibility index (Phi) is 10.9. The zero-order valence-corrected chi connectivity index (χ0v) is 31.9. The fourth-order valence-corrected chi connectivity index (χ4v) is 7.46. The molecule has 14 heteroatoms. The van der Waals surface area contributed by atoms with E-state index in [0.717, 1.165) is 53.4 Å². The van der Waals surface area contributed by atoms with Crippen molar-refractivity contribution >= 4 is 45.7 Å². The van der Waals surface area contributed by atoms with Crippen LogP contribution in [0.15, 0.2) is 60.8 Å². The number of hydrogen-bond donors (Lipinski definition) is 0. The normalized spacial score (nSPS) is 17.7. The van der Waals surface area contributed by atoms with E-state index in [1.807, 2.05) is 61.5 Å². The number of likely N-dealkylation sites (N-methyl/N-ethyl adjacent to an activating group) is 1. The number of ether oxygens (including phenoxy) is 4. The van der Waals surface area contributed by atoms with Crippen molar-refractivity contribution in [3.63, 3.8) is 0 Å². The van der Waals surface area contributed by atoms with Gasteiger partial charge in [0.2, 0.25) is 5.88 Å². The van der Waals surface area contributed by atoms with E-state index in [0.29, 0.717) is 35.9 Å². The highest BCUT2D eigenvalue weighted by atomic mass is 35.5. The Morgan fingerprint density at radius 2 is 1.64 bits per heavy atom. The van der Waals surface area contributed by atoms with Gasteiger partial charge in [0.25, 0.3) is 0 Å². The molecule has 5 aromatic rings. The monoisotopic (exact) mass is 761 g/mol. The lowest BCUT2D eigenvalue weighted by Crippen LogP contribution is -2.40. The molecule has 0 saturated carbocycles. The van der Waals surface area contributed by atoms with Gasteiger partial charge in [-0.1, -0.05) is 47.5 Å². The fraction of sp³-hybridized carbons (Fsp3) is 0.385. The van der Waals surface area contributed by atoms with Gasteiger partial charge in [-0.05, 0) is 81.7 Å². The maximum absolute atomic E-state index is 15.8. The molecule has 53 heavy (non-hydrogen) atoms. The number of rotatable bonds is 12. The Hall–Kier alpha value is -4.65. The Balaban J connectivity index is 1.33. The largest absolute Gasteiger partial charge is 0.497 e. The molecule has 2 aliphatic heterocycles. The van der Waals surface area contributed by atoms with Gasteiger partial charge in [0.1, 0.15) is 47.3 Å². The van der Waals surface area contributed by atoms with Crippen LogP contribution in [0.25, 0.3) is 10.9 Å². The average Bonchev–Trinajstić information content (AvgIpc) is 3.53. The summed E-state index contributed by atoms with van der Waals surface area (Å²) in [5.41, 5.74) is 2.94. The van der Waals surface area contributed by atoms with E-state index in [4.69, 9.17) is 52.1 Å². The zero-order chi connectivity index (χ0) is 37.2. The quantitative estimate of drug-likeness (QED) is 0.116. The van der Waals surface area contributed by atoms with Gasteiger partial charge in [-0.15, -0.1) is 0 Å². The van der Waals surface area contributed by atoms with Crippen LogP contribution in [0.1, 0.15) is 49.4 Å². The van der Waals surface area contributed by atoms with Crippen LogP contribution in [0.2, 0.25) is 10.2 Å². The minimum Gasteiger partial charge on any atom is -0.497 e. The number of anilines is 2. The van der Waals surface area contributed by atoms with Crippen molar-refractivity contribution in [1.29, 1.82) is 0 Å². The van der Waals surface area contributed by atoms with Gasteiger partial charge in [-0.2, -0.15) is 15.0 Å². The lowest BCUT2D eigenvalue weighted by atomic mass is 10.0. The van der Waals surface area contributed by atoms with Gasteiger partial charge in [0.05, 0.1) is 31.3 Å². The smallest absolute Gasteiger partial charge is 0.319 e. The highest BCUT2D eigenvalue weighted by Crippen LogP contribution is 2.44. The van der Waals surface area contributed by atoms with Crippen LogP contribution in [0.3, 0.4) is 0 Å². The van der Waals surface area contributed by atoms with Gasteiger partial charge in [-0.3, -0.25) is 0 Å². The molecule has 3 atom stereocenters. The van der Waals surface area contributed by atoms with Crippen LogP contribution in [0.5, 0.6) is 23.4 Å². The second-order valence-electron chi connectivity index (χ2n) is 13.5. The molecule has 0 bridgehead atoms. The minimum absolute atomic E-state index is 0.0174. The Morgan fingerprint density at radius 1 is 0.981 bits per heavy atom. The summed E-state index contributed by atoms with van der Waals surface area (Å²) in [6, 6.07) is 17.5. The molecule has 2 aromatic carbocycles. The van der Waals surface area contributed by atoms with Crippen LogP contribution < -0.4 is 28.7 Å². The molecule has 0 spiro atoms. The van der Waals surface area contributed by atoms with Crippen LogP contribution >= 0.6 is 23.2 Å². The number of hydrogen-bond acceptors (Lipinski definition) is 11. The second-order valence-corrected chi connectivity index (χ2v) is 14.3. The molecule has 0 aliphatic carbocycles. The Morgan fingerprint density at radius 3 is 2.25 bits per heavy atom. The van der Waals surface area contributed by atoms with Gasteiger partial charge in [0, 0.05) is 30.9 Å². The number of likely N-dealkylation sites (tertiary alicyclic amines) is 1. The number of aromatic nitrogens is 4. The molecular formula is C39H42Cl2FN7O4. The molecule has 0 unspecified atom stereocenters. The van der Waals surface area contributed by atoms with E-state index in [2.05, 4.69) is 38.6 Å². The van der Waals surface area contributed by atoms with Gasteiger partial charge >= 0.3 is 6.01 Å². The van der Waals surface area contributed by atoms with E-state index in [1.165, 1.54) is 0 Å². The van der Waals surface area contributed by atoms with Gasteiger partial charge in [-0.25, -0.2) is 9.37 Å². The highest BCUT2D eigenvalue weighted by Gasteiger charge is 2.35. The van der Waals surface area contributed by atoms with E-state index >= 15 is 4.39 Å². The topological polar surface area (TPSA) is 98.2 Å². The third-order valence-corrected chi connectivity index (χ3v) is 10.5. The standard InChI is InChI=1S/C39H42Cl2FN7O4/c1-23-21-52-38-32-34(33(42)35(41)45-38)44-39(53-22-28-7-6-16-47(28)3)46-37(32)49(23)24(2)31-17-27(40)18-43-36(31)48(19-25-8-12-29(50-4)13-9-25)20-26-10-14-30(51-5)15-11-26/h8-15,17-18,23-24,28H,6-7,16,19-22H2,1-5H3/t23-,24+,28-/m0/s1. The maximum Gasteiger partial charge on any atom is 0.319 e. The molecule has 11 nitrogen and oxygen atoms in total. The first-order valence-electron chi connectivity index (χ1n) is 17.6. The summed E-state index contributed by atoms with van der Waals surface area (Å²) >= 11 is 13.0. The predicted octanol–water partition coefficient (Wildman–Crippen LogP) is 7.91. The summed E-state index contributed by atoms with van der Waals surface area (Å²) in [6.07, 6.45) is 3.73. The SMILES string of the molecule is COc1ccc(CN(Cc2ccc(OC)cc2)c2ncc(Cl)cc2[C@@H](C)N2c3nc(OC[C@@H]4CCCN4C)nc4c(F)c(Cl)nc(c34)OC[C@@H]2C)cc1. The number of pyridine rings is 2. The summed E-state index contributed by atoms with van der Waals surface area (Å²) < 4.78 is 39.1. The molecule has 7 rings (SSSR count). The van der Waals surface area contributed by atoms with E-state index in [1.54, 1.807) is 20.4 Å². The molecule has 3 aromatic heterocycles. The molecule has 278 valence electrons. The lowest BCUT2D eigenvalue weighted by Gasteiger charge is -2.37. The molecule has 5 heterocycles. The minimum atomic E-state index is -0.766. The van der Waals surface area contributed by atoms with Crippen LogP contribution in [0, 0.1) is 5.82 Å². The van der Waals surface area contributed by atoms with Crippen LogP contribution in [-0.4, -0.2) is 77.9 Å². The predicted molar refractivity (Wildman–Crippen MR) is 204 cm³/mol. The molecule has 1 saturated heterocycles. The average molecular weight is 763 g/mol. The van der Waals surface area contributed by atoms with E-state index in [9.17, 15) is 0 Å². The number of halogens is 3. The van der Waals surface area contributed by atoms with Gasteiger partial charge in [0.15, 0.2) is 11.0 Å². The van der Waals surface area contributed by atoms with Gasteiger partial charge < -0.3 is 33.6 Å². The molecule has 0 N–H and O–H groups in total. The molecular weight excluding hydrogens is 720 g/mol. The Labute approximate surface area is 318 Å². The molecule has 1 fully saturated rings. The molecule has 2 aliphatic rings. The second kappa shape index (κ2) is 15.8. The molecule has 0 amide bonds. The maximum atomic E-state index is 15.8. The zero-order valence-electron chi connectivity index (χ0n) is 30.4. The van der Waals surface area contributed by atoms with Crippen molar-refractivity contribution < 1.29 is 23.3 Å². The third kappa shape index (κ3) is 7.71. The van der Waals surface area contributed by atoms with Crippen molar-refractivity contribution in [2.45, 2.75) is 57.9 Å². The summed E-state index contributed by atoms with van der Waals surface area (Å²) in [4.78, 5) is 25.2. The van der Waals surface area contributed by atoms with Crippen molar-refractivity contribution in [2.75, 3.05) is 50.8 Å².